The van der Waals surface area contributed by atoms with Crippen molar-refractivity contribution in [3.8, 4) is 28.5 Å². The Morgan fingerprint density at radius 3 is 2.74 bits per heavy atom. The first-order valence-corrected chi connectivity index (χ1v) is 10.6. The molecule has 2 aliphatic rings. The highest BCUT2D eigenvalue weighted by Crippen LogP contribution is 2.40. The fraction of sp³-hybridized carbons (Fsp3) is 0.435. The summed E-state index contributed by atoms with van der Waals surface area (Å²) in [7, 11) is 1.56. The molecule has 1 amide bonds. The molecular formula is C23H27N2O6+. The average molecular weight is 427 g/mol. The summed E-state index contributed by atoms with van der Waals surface area (Å²) in [6.07, 6.45) is 4.52. The highest BCUT2D eigenvalue weighted by atomic mass is 16.5. The summed E-state index contributed by atoms with van der Waals surface area (Å²) in [6.45, 7) is 3.75. The molecule has 0 spiro atoms. The number of carbonyl (C=O) groups is 2. The fourth-order valence-electron chi connectivity index (χ4n) is 4.42. The molecule has 0 radical (unpaired) electrons. The number of rotatable bonds is 7. The number of likely N-dealkylation sites (tertiary alicyclic amines) is 1. The smallest absolute Gasteiger partial charge is 0.345 e. The predicted octanol–water partition coefficient (Wildman–Crippen LogP) is 2.56. The lowest BCUT2D eigenvalue weighted by atomic mass is 9.90. The molecule has 1 fully saturated rings. The molecule has 1 aromatic heterocycles. The zero-order valence-electron chi connectivity index (χ0n) is 17.8. The number of carbonyl (C=O) groups excluding carboxylic acids is 1. The molecule has 1 aromatic carbocycles. The van der Waals surface area contributed by atoms with E-state index in [4.69, 9.17) is 9.47 Å². The van der Waals surface area contributed by atoms with Gasteiger partial charge in [0.05, 0.1) is 25.3 Å². The monoisotopic (exact) mass is 427 g/mol. The van der Waals surface area contributed by atoms with E-state index in [0.29, 0.717) is 37.5 Å². The van der Waals surface area contributed by atoms with Crippen LogP contribution in [0, 0.1) is 0 Å². The molecule has 0 saturated carbocycles. The molecule has 1 unspecified atom stereocenters. The number of benzene rings is 1. The lowest BCUT2D eigenvalue weighted by Crippen LogP contribution is -2.45. The van der Waals surface area contributed by atoms with E-state index >= 15 is 0 Å². The predicted molar refractivity (Wildman–Crippen MR) is 112 cm³/mol. The first-order valence-electron chi connectivity index (χ1n) is 10.6. The van der Waals surface area contributed by atoms with Gasteiger partial charge in [-0.25, -0.2) is 4.79 Å². The summed E-state index contributed by atoms with van der Waals surface area (Å²) < 4.78 is 13.4. The van der Waals surface area contributed by atoms with Crippen LogP contribution >= 0.6 is 0 Å². The maximum atomic E-state index is 11.8. The van der Waals surface area contributed by atoms with Gasteiger partial charge < -0.3 is 24.6 Å². The zero-order valence-corrected chi connectivity index (χ0v) is 17.8. The number of carboxylic acid groups (broad SMARTS) is 1. The summed E-state index contributed by atoms with van der Waals surface area (Å²) in [6, 6.07) is 5.38. The summed E-state index contributed by atoms with van der Waals surface area (Å²) >= 11 is 0. The van der Waals surface area contributed by atoms with Crippen LogP contribution in [0.5, 0.6) is 17.2 Å². The zero-order chi connectivity index (χ0) is 22.1. The van der Waals surface area contributed by atoms with E-state index in [1.807, 2.05) is 28.5 Å². The minimum atomic E-state index is -1.16. The largest absolute Gasteiger partial charge is 0.507 e. The van der Waals surface area contributed by atoms with Gasteiger partial charge in [0, 0.05) is 25.8 Å². The molecule has 31 heavy (non-hydrogen) atoms. The van der Waals surface area contributed by atoms with Crippen LogP contribution in [0.15, 0.2) is 24.4 Å². The van der Waals surface area contributed by atoms with Crippen molar-refractivity contribution in [2.75, 3.05) is 26.8 Å². The first-order chi connectivity index (χ1) is 14.9. The number of ether oxygens (including phenoxy) is 2. The number of methoxy groups -OCH3 is 1. The van der Waals surface area contributed by atoms with Crippen LogP contribution in [0.4, 0.5) is 0 Å². The molecule has 2 aromatic rings. The van der Waals surface area contributed by atoms with Crippen molar-refractivity contribution in [3.05, 3.63) is 35.5 Å². The number of pyridine rings is 1. The van der Waals surface area contributed by atoms with Gasteiger partial charge in [0.1, 0.15) is 12.4 Å². The van der Waals surface area contributed by atoms with Crippen molar-refractivity contribution in [2.45, 2.75) is 38.6 Å². The minimum absolute atomic E-state index is 0.0599. The molecule has 2 N–H and O–H groups in total. The highest BCUT2D eigenvalue weighted by Gasteiger charge is 2.34. The summed E-state index contributed by atoms with van der Waals surface area (Å²) in [5, 5.41) is 19.6. The van der Waals surface area contributed by atoms with Crippen LogP contribution in [0.3, 0.4) is 0 Å². The molecule has 0 aliphatic carbocycles. The van der Waals surface area contributed by atoms with Gasteiger partial charge in [0.25, 0.3) is 0 Å². The van der Waals surface area contributed by atoms with Crippen LogP contribution in [0.25, 0.3) is 11.3 Å². The Morgan fingerprint density at radius 1 is 1.29 bits per heavy atom. The van der Waals surface area contributed by atoms with Crippen LogP contribution in [-0.4, -0.2) is 53.8 Å². The molecule has 3 heterocycles. The van der Waals surface area contributed by atoms with Gasteiger partial charge in [-0.3, -0.25) is 4.79 Å². The normalized spacial score (nSPS) is 17.3. The molecule has 4 rings (SSSR count). The topological polar surface area (TPSA) is 100 Å². The van der Waals surface area contributed by atoms with Crippen molar-refractivity contribution in [1.82, 2.24) is 4.90 Å². The molecular weight excluding hydrogens is 400 g/mol. The Kier molecular flexibility index (Phi) is 5.71. The van der Waals surface area contributed by atoms with Gasteiger partial charge >= 0.3 is 5.97 Å². The minimum Gasteiger partial charge on any atom is -0.507 e. The summed E-state index contributed by atoms with van der Waals surface area (Å²) in [5.41, 5.74) is 2.54. The number of fused-ring (bicyclic) bond motifs is 3. The third-order valence-corrected chi connectivity index (χ3v) is 6.10. The quantitative estimate of drug-likeness (QED) is 0.659. The van der Waals surface area contributed by atoms with Gasteiger partial charge in [-0.15, -0.1) is 0 Å². The number of aromatic hydroxyl groups is 1. The second kappa shape index (κ2) is 8.45. The Balaban J connectivity index is 1.66. The van der Waals surface area contributed by atoms with Crippen LogP contribution < -0.4 is 14.0 Å². The van der Waals surface area contributed by atoms with Crippen molar-refractivity contribution in [1.29, 1.82) is 0 Å². The number of hydrogen-bond donors (Lipinski definition) is 2. The standard InChI is InChI=1S/C23H26N2O6/c1-3-15-9-14-10-21(31-8-7-24-6-4-5-22(24)27)20(30-2)11-16(14)18-12-19(26)17(23(28)29)13-25(15)18/h10-13,15H,3-9H2,1-2H3,(H,28,29)/p+1. The van der Waals surface area contributed by atoms with Crippen LogP contribution in [0.1, 0.15) is 48.1 Å². The van der Waals surface area contributed by atoms with Gasteiger partial charge in [0.2, 0.25) is 11.6 Å². The molecule has 8 nitrogen and oxygen atoms in total. The molecule has 1 saturated heterocycles. The summed E-state index contributed by atoms with van der Waals surface area (Å²) in [5.74, 6) is -0.0966. The van der Waals surface area contributed by atoms with E-state index in [9.17, 15) is 19.8 Å². The van der Waals surface area contributed by atoms with Gasteiger partial charge in [-0.1, -0.05) is 6.92 Å². The lowest BCUT2D eigenvalue weighted by Gasteiger charge is -2.24. The van der Waals surface area contributed by atoms with Gasteiger partial charge in [0.15, 0.2) is 29.3 Å². The number of aromatic nitrogens is 1. The van der Waals surface area contributed by atoms with E-state index in [1.54, 1.807) is 7.11 Å². The molecule has 2 aliphatic heterocycles. The summed E-state index contributed by atoms with van der Waals surface area (Å²) in [4.78, 5) is 25.1. The Bertz CT molecular complexity index is 1040. The lowest BCUT2D eigenvalue weighted by molar-refractivity contribution is -0.714. The van der Waals surface area contributed by atoms with Crippen molar-refractivity contribution in [2.24, 2.45) is 0 Å². The van der Waals surface area contributed by atoms with Crippen molar-refractivity contribution in [3.63, 3.8) is 0 Å². The Hall–Kier alpha value is -3.29. The Labute approximate surface area is 180 Å². The third-order valence-electron chi connectivity index (χ3n) is 6.10. The van der Waals surface area contributed by atoms with Crippen LogP contribution in [-0.2, 0) is 11.2 Å². The molecule has 8 heteroatoms. The van der Waals surface area contributed by atoms with Crippen LogP contribution in [0.2, 0.25) is 0 Å². The molecule has 164 valence electrons. The number of hydrogen-bond acceptors (Lipinski definition) is 5. The second-order valence-electron chi connectivity index (χ2n) is 7.93. The van der Waals surface area contributed by atoms with Gasteiger partial charge in [-0.05, 0) is 24.1 Å². The van der Waals surface area contributed by atoms with E-state index in [2.05, 4.69) is 0 Å². The SMILES string of the molecule is CCC1Cc2cc(OCCN3CCCC3=O)c(OC)cc2-c2cc(O)c(C(=O)O)c[n+]21. The van der Waals surface area contributed by atoms with E-state index in [-0.39, 0.29) is 23.3 Å². The Morgan fingerprint density at radius 2 is 2.10 bits per heavy atom. The second-order valence-corrected chi connectivity index (χ2v) is 7.93. The maximum absolute atomic E-state index is 11.8. The number of amides is 1. The third kappa shape index (κ3) is 3.89. The fourth-order valence-corrected chi connectivity index (χ4v) is 4.42. The van der Waals surface area contributed by atoms with Gasteiger partial charge in [-0.2, -0.15) is 4.57 Å². The van der Waals surface area contributed by atoms with E-state index in [0.717, 1.165) is 36.2 Å². The highest BCUT2D eigenvalue weighted by molar-refractivity contribution is 5.90. The van der Waals surface area contributed by atoms with Crippen molar-refractivity contribution < 1.29 is 33.8 Å². The number of aromatic carboxylic acids is 1. The number of nitrogens with zero attached hydrogens (tertiary/aromatic N) is 2. The average Bonchev–Trinajstić information content (AvgIpc) is 3.16. The first kappa shape index (κ1) is 21.0. The molecule has 0 bridgehead atoms. The number of carboxylic acids is 1. The maximum Gasteiger partial charge on any atom is 0.345 e. The van der Waals surface area contributed by atoms with Crippen molar-refractivity contribution >= 4 is 11.9 Å². The van der Waals surface area contributed by atoms with E-state index < -0.39 is 5.97 Å². The van der Waals surface area contributed by atoms with E-state index in [1.165, 1.54) is 12.3 Å². The molecule has 1 atom stereocenters.